The highest BCUT2D eigenvalue weighted by molar-refractivity contribution is 6.14. The highest BCUT2D eigenvalue weighted by Gasteiger charge is 2.26. The lowest BCUT2D eigenvalue weighted by Crippen LogP contribution is -2.07. The van der Waals surface area contributed by atoms with Gasteiger partial charge >= 0.3 is 0 Å². The maximum Gasteiger partial charge on any atom is 0.213 e. The molecular formula is C62H36N6. The Labute approximate surface area is 390 Å². The highest BCUT2D eigenvalue weighted by atomic mass is 15.1. The summed E-state index contributed by atoms with van der Waals surface area (Å²) < 4.78 is 9.19. The third-order valence-corrected chi connectivity index (χ3v) is 14.0. The summed E-state index contributed by atoms with van der Waals surface area (Å²) in [6.07, 6.45) is 0. The Morgan fingerprint density at radius 2 is 0.588 bits per heavy atom. The Balaban J connectivity index is 1.15. The molecule has 0 N–H and O–H groups in total. The van der Waals surface area contributed by atoms with Gasteiger partial charge in [-0.05, 0) is 83.9 Å². The van der Waals surface area contributed by atoms with Crippen LogP contribution in [0.3, 0.4) is 0 Å². The van der Waals surface area contributed by atoms with E-state index in [1.165, 1.54) is 0 Å². The molecule has 0 bridgehead atoms. The van der Waals surface area contributed by atoms with Gasteiger partial charge in [-0.15, -0.1) is 0 Å². The Morgan fingerprint density at radius 3 is 0.897 bits per heavy atom. The van der Waals surface area contributed by atoms with Gasteiger partial charge in [-0.25, -0.2) is 4.85 Å². The van der Waals surface area contributed by atoms with Gasteiger partial charge < -0.3 is 18.3 Å². The Bertz CT molecular complexity index is 4030. The van der Waals surface area contributed by atoms with Crippen LogP contribution in [0.5, 0.6) is 0 Å². The van der Waals surface area contributed by atoms with E-state index in [2.05, 4.69) is 235 Å². The summed E-state index contributed by atoms with van der Waals surface area (Å²) in [6.45, 7) is 9.05. The van der Waals surface area contributed by atoms with Gasteiger partial charge in [0.05, 0.1) is 79.0 Å². The Hall–Kier alpha value is -9.62. The lowest BCUT2D eigenvalue weighted by molar-refractivity contribution is 1.09. The largest absolute Gasteiger partial charge is 0.317 e. The fourth-order valence-corrected chi connectivity index (χ4v) is 11.2. The molecule has 0 aliphatic rings. The van der Waals surface area contributed by atoms with Gasteiger partial charge in [0, 0.05) is 43.1 Å². The first-order valence-corrected chi connectivity index (χ1v) is 22.8. The molecule has 14 aromatic rings. The van der Waals surface area contributed by atoms with Crippen molar-refractivity contribution in [1.29, 1.82) is 5.26 Å². The molecule has 0 saturated heterocycles. The molecule has 0 unspecified atom stereocenters. The zero-order chi connectivity index (χ0) is 45.0. The Morgan fingerprint density at radius 1 is 0.324 bits per heavy atom. The number of aromatic nitrogens is 4. The van der Waals surface area contributed by atoms with Crippen molar-refractivity contribution in [2.45, 2.75) is 0 Å². The maximum absolute atomic E-state index is 11.6. The molecule has 0 aliphatic carbocycles. The van der Waals surface area contributed by atoms with Crippen LogP contribution in [-0.2, 0) is 0 Å². The molecule has 4 heterocycles. The van der Waals surface area contributed by atoms with E-state index in [1.807, 2.05) is 12.1 Å². The molecule has 0 amide bonds. The van der Waals surface area contributed by atoms with E-state index in [4.69, 9.17) is 6.57 Å². The average molecular weight is 865 g/mol. The summed E-state index contributed by atoms with van der Waals surface area (Å²) in [4.78, 5) is 4.42. The van der Waals surface area contributed by atoms with Gasteiger partial charge in [0.15, 0.2) is 0 Å². The molecule has 14 rings (SSSR count). The minimum Gasteiger partial charge on any atom is -0.317 e. The van der Waals surface area contributed by atoms with Crippen LogP contribution in [0.4, 0.5) is 5.69 Å². The van der Waals surface area contributed by atoms with E-state index in [-0.39, 0.29) is 0 Å². The predicted molar refractivity (Wildman–Crippen MR) is 280 cm³/mol. The zero-order valence-corrected chi connectivity index (χ0v) is 36.5. The summed E-state index contributed by atoms with van der Waals surface area (Å²) in [5.41, 5.74) is 14.2. The number of benzene rings is 10. The number of hydrogen-bond acceptors (Lipinski definition) is 1. The van der Waals surface area contributed by atoms with Crippen molar-refractivity contribution in [1.82, 2.24) is 18.3 Å². The van der Waals surface area contributed by atoms with Crippen LogP contribution in [-0.4, -0.2) is 18.3 Å². The van der Waals surface area contributed by atoms with E-state index >= 15 is 0 Å². The van der Waals surface area contributed by atoms with Crippen molar-refractivity contribution in [3.05, 3.63) is 235 Å². The number of hydrogen-bond donors (Lipinski definition) is 0. The van der Waals surface area contributed by atoms with Crippen molar-refractivity contribution in [3.8, 4) is 39.9 Å². The van der Waals surface area contributed by atoms with Crippen LogP contribution in [0, 0.1) is 17.9 Å². The summed E-state index contributed by atoms with van der Waals surface area (Å²) in [5.74, 6) is 0. The smallest absolute Gasteiger partial charge is 0.213 e. The van der Waals surface area contributed by atoms with Gasteiger partial charge in [-0.1, -0.05) is 146 Å². The van der Waals surface area contributed by atoms with Crippen molar-refractivity contribution >= 4 is 92.9 Å². The average Bonchev–Trinajstić information content (AvgIpc) is 4.13. The van der Waals surface area contributed by atoms with Crippen LogP contribution < -0.4 is 0 Å². The van der Waals surface area contributed by atoms with Crippen molar-refractivity contribution in [2.75, 3.05) is 0 Å². The summed E-state index contributed by atoms with van der Waals surface area (Å²) >= 11 is 0. The summed E-state index contributed by atoms with van der Waals surface area (Å²) in [6, 6.07) is 79.2. The number of nitriles is 1. The molecular weight excluding hydrogens is 829 g/mol. The SMILES string of the molecule is [C-]#[N+]c1cc(-c2cc(C#N)c(-n3c4ccccc4c4ccccc43)c(-n3c4ccccc4c4ccccc43)c2)cc(-n2c3ccccc3c3ccccc32)c1-n1c2ccccc2c2ccccc21. The molecule has 4 aromatic heterocycles. The van der Waals surface area contributed by atoms with Crippen molar-refractivity contribution in [3.63, 3.8) is 0 Å². The lowest BCUT2D eigenvalue weighted by atomic mass is 9.98. The predicted octanol–water partition coefficient (Wildman–Crippen LogP) is 16.2. The van der Waals surface area contributed by atoms with Gasteiger partial charge in [0.2, 0.25) is 5.69 Å². The minimum atomic E-state index is 0.495. The number of rotatable bonds is 5. The first-order valence-electron chi connectivity index (χ1n) is 22.8. The van der Waals surface area contributed by atoms with E-state index < -0.39 is 0 Å². The maximum atomic E-state index is 11.6. The van der Waals surface area contributed by atoms with Crippen molar-refractivity contribution < 1.29 is 0 Å². The third-order valence-electron chi connectivity index (χ3n) is 14.0. The van der Waals surface area contributed by atoms with Gasteiger partial charge in [0.25, 0.3) is 0 Å². The van der Waals surface area contributed by atoms with Gasteiger partial charge in [0.1, 0.15) is 6.07 Å². The first kappa shape index (κ1) is 37.7. The zero-order valence-electron chi connectivity index (χ0n) is 36.5. The fourth-order valence-electron chi connectivity index (χ4n) is 11.2. The van der Waals surface area contributed by atoms with Crippen LogP contribution in [0.15, 0.2) is 218 Å². The van der Waals surface area contributed by atoms with E-state index in [9.17, 15) is 5.26 Å². The molecule has 314 valence electrons. The van der Waals surface area contributed by atoms with E-state index in [0.717, 1.165) is 121 Å². The van der Waals surface area contributed by atoms with E-state index in [0.29, 0.717) is 11.3 Å². The molecule has 68 heavy (non-hydrogen) atoms. The van der Waals surface area contributed by atoms with Gasteiger partial charge in [-0.3, -0.25) is 0 Å². The second-order valence-corrected chi connectivity index (χ2v) is 17.5. The lowest BCUT2D eigenvalue weighted by Gasteiger charge is -2.22. The van der Waals surface area contributed by atoms with Crippen LogP contribution in [0.1, 0.15) is 5.56 Å². The third kappa shape index (κ3) is 5.20. The quantitative estimate of drug-likeness (QED) is 0.159. The topological polar surface area (TPSA) is 47.9 Å². The fraction of sp³-hybridized carbons (Fsp3) is 0. The molecule has 0 atom stereocenters. The monoisotopic (exact) mass is 864 g/mol. The summed E-state index contributed by atoms with van der Waals surface area (Å²) in [7, 11) is 0. The summed E-state index contributed by atoms with van der Waals surface area (Å²) in [5, 5.41) is 20.5. The molecule has 0 aliphatic heterocycles. The normalized spacial score (nSPS) is 11.8. The van der Waals surface area contributed by atoms with Crippen molar-refractivity contribution in [2.24, 2.45) is 0 Å². The standard InChI is InChI=1S/C62H36N6/c1-64-50-35-40(37-60(66-53-28-12-4-20-44(53)45-21-5-13-29-54(45)66)62(50)68-57-32-16-8-24-48(57)49-25-9-17-33-58(49)68)39-34-41(38-63)61(67-55-30-14-6-22-46(55)47-23-7-15-31-56(47)67)59(36-39)65-51-26-10-2-18-42(51)43-19-3-11-27-52(43)65/h2-37H. The number of fused-ring (bicyclic) bond motifs is 12. The molecule has 0 radical (unpaired) electrons. The number of para-hydroxylation sites is 8. The van der Waals surface area contributed by atoms with E-state index in [1.54, 1.807) is 0 Å². The molecule has 6 nitrogen and oxygen atoms in total. The van der Waals surface area contributed by atoms with Crippen LogP contribution in [0.2, 0.25) is 0 Å². The molecule has 0 saturated carbocycles. The van der Waals surface area contributed by atoms with Gasteiger partial charge in [-0.2, -0.15) is 5.26 Å². The minimum absolute atomic E-state index is 0.495. The molecule has 0 fully saturated rings. The van der Waals surface area contributed by atoms with Crippen LogP contribution >= 0.6 is 0 Å². The second kappa shape index (κ2) is 14.4. The highest BCUT2D eigenvalue weighted by Crippen LogP contribution is 2.46. The second-order valence-electron chi connectivity index (χ2n) is 17.5. The Kier molecular flexibility index (Phi) is 8.01. The van der Waals surface area contributed by atoms with Crippen LogP contribution in [0.25, 0.3) is 126 Å². The number of nitrogens with zero attached hydrogens (tertiary/aromatic N) is 6. The molecule has 0 spiro atoms. The molecule has 10 aromatic carbocycles. The first-order chi connectivity index (χ1) is 33.7. The molecule has 6 heteroatoms.